The molecule has 0 saturated carbocycles. The van der Waals surface area contributed by atoms with Crippen molar-refractivity contribution in [3.05, 3.63) is 28.8 Å². The van der Waals surface area contributed by atoms with Gasteiger partial charge in [-0.05, 0) is 31.9 Å². The standard InChI is InChI=1S/C13H18O2/c1-9-4-10(2)13(11(3)5-9)15-8-12-6-14-7-12/h4-5,12H,6-8H2,1-3H3. The van der Waals surface area contributed by atoms with Crippen LogP contribution in [0, 0.1) is 26.7 Å². The highest BCUT2D eigenvalue weighted by molar-refractivity contribution is 5.42. The molecule has 1 fully saturated rings. The van der Waals surface area contributed by atoms with Crippen molar-refractivity contribution >= 4 is 0 Å². The van der Waals surface area contributed by atoms with Crippen LogP contribution >= 0.6 is 0 Å². The Balaban J connectivity index is 2.05. The average Bonchev–Trinajstić information content (AvgIpc) is 2.06. The summed E-state index contributed by atoms with van der Waals surface area (Å²) in [5.41, 5.74) is 3.75. The zero-order valence-corrected chi connectivity index (χ0v) is 9.67. The Labute approximate surface area is 91.2 Å². The molecule has 1 aliphatic heterocycles. The molecule has 0 aliphatic carbocycles. The number of aryl methyl sites for hydroxylation is 3. The first-order chi connectivity index (χ1) is 7.16. The van der Waals surface area contributed by atoms with Gasteiger partial charge >= 0.3 is 0 Å². The van der Waals surface area contributed by atoms with Crippen LogP contribution in [-0.2, 0) is 4.74 Å². The predicted molar refractivity (Wildman–Crippen MR) is 60.5 cm³/mol. The lowest BCUT2D eigenvalue weighted by atomic mass is 10.1. The Morgan fingerprint density at radius 2 is 1.80 bits per heavy atom. The van der Waals surface area contributed by atoms with Crippen LogP contribution in [0.25, 0.3) is 0 Å². The van der Waals surface area contributed by atoms with Gasteiger partial charge in [0, 0.05) is 5.92 Å². The second-order valence-electron chi connectivity index (χ2n) is 4.44. The van der Waals surface area contributed by atoms with Crippen molar-refractivity contribution in [3.63, 3.8) is 0 Å². The van der Waals surface area contributed by atoms with Gasteiger partial charge in [0.2, 0.25) is 0 Å². The fourth-order valence-corrected chi connectivity index (χ4v) is 1.98. The fraction of sp³-hybridized carbons (Fsp3) is 0.538. The summed E-state index contributed by atoms with van der Waals surface area (Å²) in [4.78, 5) is 0. The van der Waals surface area contributed by atoms with Crippen LogP contribution in [0.5, 0.6) is 5.75 Å². The SMILES string of the molecule is Cc1cc(C)c(OCC2COC2)c(C)c1. The maximum absolute atomic E-state index is 5.85. The minimum Gasteiger partial charge on any atom is -0.493 e. The molecule has 0 spiro atoms. The Morgan fingerprint density at radius 3 is 2.27 bits per heavy atom. The van der Waals surface area contributed by atoms with E-state index in [9.17, 15) is 0 Å². The second kappa shape index (κ2) is 4.23. The smallest absolute Gasteiger partial charge is 0.125 e. The first-order valence-electron chi connectivity index (χ1n) is 5.45. The molecule has 0 amide bonds. The normalized spacial score (nSPS) is 16.2. The molecular formula is C13H18O2. The molecule has 15 heavy (non-hydrogen) atoms. The molecule has 1 heterocycles. The van der Waals surface area contributed by atoms with Crippen molar-refractivity contribution in [2.24, 2.45) is 5.92 Å². The molecule has 0 bridgehead atoms. The molecule has 2 nitrogen and oxygen atoms in total. The van der Waals surface area contributed by atoms with Crippen LogP contribution in [0.15, 0.2) is 12.1 Å². The molecular weight excluding hydrogens is 188 g/mol. The number of hydrogen-bond acceptors (Lipinski definition) is 2. The van der Waals surface area contributed by atoms with E-state index in [-0.39, 0.29) is 0 Å². The van der Waals surface area contributed by atoms with Crippen molar-refractivity contribution in [1.29, 1.82) is 0 Å². The number of rotatable bonds is 3. The minimum absolute atomic E-state index is 0.588. The Hall–Kier alpha value is -1.02. The van der Waals surface area contributed by atoms with Crippen molar-refractivity contribution in [1.82, 2.24) is 0 Å². The van der Waals surface area contributed by atoms with E-state index in [2.05, 4.69) is 32.9 Å². The summed E-state index contributed by atoms with van der Waals surface area (Å²) in [6.07, 6.45) is 0. The molecule has 1 aromatic rings. The number of hydrogen-bond donors (Lipinski definition) is 0. The summed E-state index contributed by atoms with van der Waals surface area (Å²) >= 11 is 0. The number of ether oxygens (including phenoxy) is 2. The molecule has 0 atom stereocenters. The molecule has 0 unspecified atom stereocenters. The van der Waals surface area contributed by atoms with Crippen LogP contribution in [0.3, 0.4) is 0 Å². The molecule has 2 rings (SSSR count). The second-order valence-corrected chi connectivity index (χ2v) is 4.44. The molecule has 1 saturated heterocycles. The van der Waals surface area contributed by atoms with E-state index in [0.29, 0.717) is 5.92 Å². The zero-order chi connectivity index (χ0) is 10.8. The molecule has 0 N–H and O–H groups in total. The summed E-state index contributed by atoms with van der Waals surface area (Å²) in [6.45, 7) is 8.81. The molecule has 1 aromatic carbocycles. The van der Waals surface area contributed by atoms with Gasteiger partial charge in [0.1, 0.15) is 5.75 Å². The van der Waals surface area contributed by atoms with Crippen LogP contribution < -0.4 is 4.74 Å². The highest BCUT2D eigenvalue weighted by atomic mass is 16.5. The van der Waals surface area contributed by atoms with E-state index in [1.54, 1.807) is 0 Å². The van der Waals surface area contributed by atoms with Gasteiger partial charge in [-0.25, -0.2) is 0 Å². The zero-order valence-electron chi connectivity index (χ0n) is 9.67. The third-order valence-electron chi connectivity index (χ3n) is 2.78. The summed E-state index contributed by atoms with van der Waals surface area (Å²) < 4.78 is 11.0. The summed E-state index contributed by atoms with van der Waals surface area (Å²) in [7, 11) is 0. The summed E-state index contributed by atoms with van der Waals surface area (Å²) in [5, 5.41) is 0. The number of benzene rings is 1. The van der Waals surface area contributed by atoms with Gasteiger partial charge in [-0.2, -0.15) is 0 Å². The van der Waals surface area contributed by atoms with Gasteiger partial charge in [0.15, 0.2) is 0 Å². The van der Waals surface area contributed by atoms with E-state index in [1.807, 2.05) is 0 Å². The molecule has 0 radical (unpaired) electrons. The third kappa shape index (κ3) is 2.32. The quantitative estimate of drug-likeness (QED) is 0.757. The van der Waals surface area contributed by atoms with Gasteiger partial charge in [0.25, 0.3) is 0 Å². The van der Waals surface area contributed by atoms with Crippen molar-refractivity contribution in [2.75, 3.05) is 19.8 Å². The van der Waals surface area contributed by atoms with E-state index >= 15 is 0 Å². The highest BCUT2D eigenvalue weighted by Gasteiger charge is 2.19. The summed E-state index contributed by atoms with van der Waals surface area (Å²) in [6, 6.07) is 4.33. The van der Waals surface area contributed by atoms with E-state index in [4.69, 9.17) is 9.47 Å². The molecule has 82 valence electrons. The van der Waals surface area contributed by atoms with Crippen LogP contribution in [0.4, 0.5) is 0 Å². The third-order valence-corrected chi connectivity index (χ3v) is 2.78. The van der Waals surface area contributed by atoms with Crippen LogP contribution in [0.1, 0.15) is 16.7 Å². The lowest BCUT2D eigenvalue weighted by molar-refractivity contribution is -0.0510. The molecule has 2 heteroatoms. The molecule has 0 aromatic heterocycles. The van der Waals surface area contributed by atoms with Crippen molar-refractivity contribution < 1.29 is 9.47 Å². The summed E-state index contributed by atoms with van der Waals surface area (Å²) in [5.74, 6) is 1.64. The van der Waals surface area contributed by atoms with Crippen LogP contribution in [-0.4, -0.2) is 19.8 Å². The monoisotopic (exact) mass is 206 g/mol. The Morgan fingerprint density at radius 1 is 1.20 bits per heavy atom. The highest BCUT2D eigenvalue weighted by Crippen LogP contribution is 2.25. The largest absolute Gasteiger partial charge is 0.493 e. The fourth-order valence-electron chi connectivity index (χ4n) is 1.98. The first-order valence-corrected chi connectivity index (χ1v) is 5.45. The minimum atomic E-state index is 0.588. The van der Waals surface area contributed by atoms with Crippen molar-refractivity contribution in [3.8, 4) is 5.75 Å². The van der Waals surface area contributed by atoms with Crippen LogP contribution in [0.2, 0.25) is 0 Å². The van der Waals surface area contributed by atoms with Gasteiger partial charge in [-0.3, -0.25) is 0 Å². The van der Waals surface area contributed by atoms with Gasteiger partial charge < -0.3 is 9.47 Å². The maximum atomic E-state index is 5.85. The average molecular weight is 206 g/mol. The first kappa shape index (κ1) is 10.5. The molecule has 1 aliphatic rings. The van der Waals surface area contributed by atoms with E-state index in [0.717, 1.165) is 25.6 Å². The lowest BCUT2D eigenvalue weighted by Crippen LogP contribution is -2.32. The maximum Gasteiger partial charge on any atom is 0.125 e. The van der Waals surface area contributed by atoms with E-state index in [1.165, 1.54) is 16.7 Å². The lowest BCUT2D eigenvalue weighted by Gasteiger charge is -2.26. The topological polar surface area (TPSA) is 18.5 Å². The van der Waals surface area contributed by atoms with Crippen molar-refractivity contribution in [2.45, 2.75) is 20.8 Å². The van der Waals surface area contributed by atoms with E-state index < -0.39 is 0 Å². The predicted octanol–water partition coefficient (Wildman–Crippen LogP) is 2.64. The Bertz CT molecular complexity index is 331. The van der Waals surface area contributed by atoms with Gasteiger partial charge in [0.05, 0.1) is 19.8 Å². The van der Waals surface area contributed by atoms with Gasteiger partial charge in [-0.1, -0.05) is 17.7 Å². The Kier molecular flexibility index (Phi) is 2.96. The van der Waals surface area contributed by atoms with Gasteiger partial charge in [-0.15, -0.1) is 0 Å².